The van der Waals surface area contributed by atoms with Gasteiger partial charge in [-0.05, 0) is 36.5 Å². The smallest absolute Gasteiger partial charge is 0.191 e. The van der Waals surface area contributed by atoms with E-state index >= 15 is 0 Å². The summed E-state index contributed by atoms with van der Waals surface area (Å²) in [6.07, 6.45) is 1.48. The highest BCUT2D eigenvalue weighted by Gasteiger charge is 2.01. The van der Waals surface area contributed by atoms with Gasteiger partial charge in [0.1, 0.15) is 18.1 Å². The number of hydrazone groups is 1. The van der Waals surface area contributed by atoms with Crippen molar-refractivity contribution in [3.8, 4) is 11.5 Å². The average molecular weight is 358 g/mol. The first-order valence-corrected chi connectivity index (χ1v) is 7.65. The molecule has 130 valence electrons. The highest BCUT2D eigenvalue weighted by Crippen LogP contribution is 2.17. The maximum Gasteiger partial charge on any atom is 0.191 e. The lowest BCUT2D eigenvalue weighted by Crippen LogP contribution is -2.29. The third kappa shape index (κ3) is 6.11. The number of rotatable bonds is 7. The Balaban J connectivity index is 1.94. The van der Waals surface area contributed by atoms with Gasteiger partial charge in [0.25, 0.3) is 0 Å². The molecule has 25 heavy (non-hydrogen) atoms. The van der Waals surface area contributed by atoms with E-state index in [9.17, 15) is 9.90 Å². The minimum atomic E-state index is -1.30. The molecule has 0 heterocycles. The second-order valence-electron chi connectivity index (χ2n) is 4.75. The number of thiocarbonyl (C=S) groups is 1. The number of nitrogens with zero attached hydrogens (tertiary/aromatic N) is 1. The number of carboxylic acids is 1. The number of aliphatic carboxylic acids is 1. The number of ether oxygens (including phenoxy) is 2. The van der Waals surface area contributed by atoms with Crippen molar-refractivity contribution in [2.75, 3.05) is 19.0 Å². The summed E-state index contributed by atoms with van der Waals surface area (Å²) < 4.78 is 10.3. The van der Waals surface area contributed by atoms with Crippen molar-refractivity contribution >= 4 is 35.2 Å². The normalized spacial score (nSPS) is 10.3. The predicted molar refractivity (Wildman–Crippen MR) is 96.9 cm³/mol. The summed E-state index contributed by atoms with van der Waals surface area (Å²) in [5, 5.41) is 17.8. The van der Waals surface area contributed by atoms with Crippen LogP contribution >= 0.6 is 12.2 Å². The van der Waals surface area contributed by atoms with E-state index in [1.54, 1.807) is 37.4 Å². The summed E-state index contributed by atoms with van der Waals surface area (Å²) in [6, 6.07) is 14.2. The van der Waals surface area contributed by atoms with Crippen LogP contribution in [0.2, 0.25) is 0 Å². The minimum Gasteiger partial charge on any atom is -0.546 e. The average Bonchev–Trinajstić information content (AvgIpc) is 2.61. The number of carbonyl (C=O) groups excluding carboxylic acids is 1. The van der Waals surface area contributed by atoms with Gasteiger partial charge in [-0.3, -0.25) is 5.43 Å². The number of carbonyl (C=O) groups is 1. The largest absolute Gasteiger partial charge is 0.546 e. The lowest BCUT2D eigenvalue weighted by molar-refractivity contribution is -0.307. The number of para-hydroxylation sites is 1. The van der Waals surface area contributed by atoms with Gasteiger partial charge >= 0.3 is 0 Å². The molecule has 0 aromatic heterocycles. The van der Waals surface area contributed by atoms with Gasteiger partial charge in [0.15, 0.2) is 5.11 Å². The highest BCUT2D eigenvalue weighted by atomic mass is 32.1. The molecular weight excluding hydrogens is 342 g/mol. The van der Waals surface area contributed by atoms with Crippen molar-refractivity contribution in [3.63, 3.8) is 0 Å². The molecule has 0 radical (unpaired) electrons. The molecular formula is C17H16N3O4S-. The third-order valence-corrected chi connectivity index (χ3v) is 3.16. The van der Waals surface area contributed by atoms with E-state index < -0.39 is 12.6 Å². The van der Waals surface area contributed by atoms with Gasteiger partial charge < -0.3 is 24.7 Å². The van der Waals surface area contributed by atoms with Crippen molar-refractivity contribution in [2.45, 2.75) is 0 Å². The van der Waals surface area contributed by atoms with Gasteiger partial charge in [-0.25, -0.2) is 0 Å². The van der Waals surface area contributed by atoms with Crippen LogP contribution in [0.1, 0.15) is 5.56 Å². The van der Waals surface area contributed by atoms with Crippen LogP contribution in [0, 0.1) is 0 Å². The molecule has 8 heteroatoms. The molecule has 2 aromatic rings. The summed E-state index contributed by atoms with van der Waals surface area (Å²) in [5.74, 6) is -0.215. The number of benzene rings is 2. The Hall–Kier alpha value is -3.13. The Morgan fingerprint density at radius 3 is 2.84 bits per heavy atom. The number of methoxy groups -OCH3 is 1. The third-order valence-electron chi connectivity index (χ3n) is 2.96. The highest BCUT2D eigenvalue weighted by molar-refractivity contribution is 7.80. The van der Waals surface area contributed by atoms with Crippen molar-refractivity contribution < 1.29 is 19.4 Å². The number of nitrogens with one attached hydrogen (secondary N) is 2. The minimum absolute atomic E-state index is 0.289. The van der Waals surface area contributed by atoms with Crippen LogP contribution in [-0.4, -0.2) is 31.0 Å². The van der Waals surface area contributed by atoms with Crippen molar-refractivity contribution in [2.24, 2.45) is 5.10 Å². The Labute approximate surface area is 150 Å². The van der Waals surface area contributed by atoms with E-state index in [0.717, 1.165) is 5.69 Å². The van der Waals surface area contributed by atoms with Gasteiger partial charge in [0, 0.05) is 17.3 Å². The molecule has 0 fully saturated rings. The Morgan fingerprint density at radius 2 is 2.08 bits per heavy atom. The fraction of sp³-hybridized carbons (Fsp3) is 0.118. The van der Waals surface area contributed by atoms with E-state index in [1.807, 2.05) is 18.2 Å². The van der Waals surface area contributed by atoms with Crippen LogP contribution in [0.3, 0.4) is 0 Å². The number of hydrogen-bond acceptors (Lipinski definition) is 6. The maximum absolute atomic E-state index is 10.5. The molecule has 0 atom stereocenters. The Morgan fingerprint density at radius 1 is 1.28 bits per heavy atom. The second-order valence-corrected chi connectivity index (χ2v) is 5.16. The Kier molecular flexibility index (Phi) is 6.73. The number of anilines is 1. The molecule has 0 amide bonds. The molecule has 0 unspecified atom stereocenters. The molecule has 0 aliphatic rings. The zero-order valence-electron chi connectivity index (χ0n) is 13.4. The van der Waals surface area contributed by atoms with Gasteiger partial charge in [-0.2, -0.15) is 5.10 Å². The first-order valence-electron chi connectivity index (χ1n) is 7.24. The Bertz CT molecular complexity index is 780. The fourth-order valence-corrected chi connectivity index (χ4v) is 2.05. The molecule has 7 nitrogen and oxygen atoms in total. The van der Waals surface area contributed by atoms with E-state index in [2.05, 4.69) is 15.8 Å². The molecule has 2 rings (SSSR count). The first-order chi connectivity index (χ1) is 12.1. The molecule has 0 spiro atoms. The van der Waals surface area contributed by atoms with Crippen LogP contribution in [0.4, 0.5) is 5.69 Å². The SMILES string of the molecule is COc1cccc(NC(=S)N/N=C\c2ccccc2OCC(=O)[O-])c1. The lowest BCUT2D eigenvalue weighted by Gasteiger charge is -2.10. The monoisotopic (exact) mass is 358 g/mol. The van der Waals surface area contributed by atoms with Crippen molar-refractivity contribution in [1.29, 1.82) is 0 Å². The van der Waals surface area contributed by atoms with Gasteiger partial charge in [0.05, 0.1) is 19.3 Å². The number of carboxylic acid groups (broad SMARTS) is 1. The summed E-state index contributed by atoms with van der Waals surface area (Å²) in [7, 11) is 1.58. The zero-order chi connectivity index (χ0) is 18.1. The van der Waals surface area contributed by atoms with Crippen molar-refractivity contribution in [1.82, 2.24) is 5.43 Å². The maximum atomic E-state index is 10.5. The van der Waals surface area contributed by atoms with Gasteiger partial charge in [-0.15, -0.1) is 0 Å². The standard InChI is InChI=1S/C17H17N3O4S/c1-23-14-7-4-6-13(9-14)19-17(25)20-18-10-12-5-2-3-8-15(12)24-11-16(21)22/h2-10H,11H2,1H3,(H,21,22)(H2,19,20,25)/p-1/b18-10-. The summed E-state index contributed by atoms with van der Waals surface area (Å²) in [4.78, 5) is 10.5. The molecule has 0 saturated heterocycles. The van der Waals surface area contributed by atoms with Crippen LogP contribution in [0.15, 0.2) is 53.6 Å². The first kappa shape index (κ1) is 18.2. The summed E-state index contributed by atoms with van der Waals surface area (Å²) >= 11 is 5.16. The summed E-state index contributed by atoms with van der Waals surface area (Å²) in [6.45, 7) is -0.534. The van der Waals surface area contributed by atoms with Crippen LogP contribution in [0.25, 0.3) is 0 Å². The molecule has 0 aliphatic carbocycles. The van der Waals surface area contributed by atoms with E-state index in [0.29, 0.717) is 17.1 Å². The summed E-state index contributed by atoms with van der Waals surface area (Å²) in [5.41, 5.74) is 4.03. The van der Waals surface area contributed by atoms with E-state index in [-0.39, 0.29) is 5.11 Å². The molecule has 2 aromatic carbocycles. The fourth-order valence-electron chi connectivity index (χ4n) is 1.88. The lowest BCUT2D eigenvalue weighted by atomic mass is 10.2. The molecule has 2 N–H and O–H groups in total. The predicted octanol–water partition coefficient (Wildman–Crippen LogP) is 1.14. The van der Waals surface area contributed by atoms with E-state index in [1.165, 1.54) is 6.21 Å². The topological polar surface area (TPSA) is 95.0 Å². The van der Waals surface area contributed by atoms with Crippen LogP contribution in [-0.2, 0) is 4.79 Å². The van der Waals surface area contributed by atoms with Gasteiger partial charge in [-0.1, -0.05) is 18.2 Å². The van der Waals surface area contributed by atoms with Gasteiger partial charge in [0.2, 0.25) is 0 Å². The number of hydrogen-bond donors (Lipinski definition) is 2. The second kappa shape index (κ2) is 9.24. The van der Waals surface area contributed by atoms with Crippen molar-refractivity contribution in [3.05, 3.63) is 54.1 Å². The van der Waals surface area contributed by atoms with E-state index in [4.69, 9.17) is 21.7 Å². The molecule has 0 bridgehead atoms. The zero-order valence-corrected chi connectivity index (χ0v) is 14.2. The van der Waals surface area contributed by atoms with Crippen LogP contribution in [0.5, 0.6) is 11.5 Å². The quantitative estimate of drug-likeness (QED) is 0.435. The molecule has 0 aliphatic heterocycles. The molecule has 0 saturated carbocycles. The van der Waals surface area contributed by atoms with Crippen LogP contribution < -0.4 is 25.3 Å².